The molecule has 0 bridgehead atoms. The molecule has 1 unspecified atom stereocenters. The molecule has 2 amide bonds. The van der Waals surface area contributed by atoms with Crippen LogP contribution in [0.3, 0.4) is 0 Å². The number of carbonyl (C=O) groups excluding carboxylic acids is 2. The van der Waals surface area contributed by atoms with E-state index < -0.39 is 34.3 Å². The van der Waals surface area contributed by atoms with Crippen LogP contribution in [0.4, 0.5) is 10.1 Å². The van der Waals surface area contributed by atoms with Crippen LogP contribution in [0.2, 0.25) is 0 Å². The van der Waals surface area contributed by atoms with Crippen molar-refractivity contribution in [1.82, 2.24) is 10.2 Å². The molecule has 0 aromatic heterocycles. The molecular formula is C28H32FN3O5S. The highest BCUT2D eigenvalue weighted by molar-refractivity contribution is 7.92. The van der Waals surface area contributed by atoms with Gasteiger partial charge in [-0.25, -0.2) is 12.8 Å². The standard InChI is InChI=1S/C28H32FN3O5S/c1-4-24(28(34)30-5-2)31(19-21-15-17-22(29)18-16-21)27(33)20-32(25-13-9-10-14-26(25)37-3)38(35,36)23-11-7-6-8-12-23/h6-18,24H,4-5,19-20H2,1-3H3,(H,30,34). The molecule has 3 aromatic rings. The third-order valence-electron chi connectivity index (χ3n) is 5.97. The van der Waals surface area contributed by atoms with Gasteiger partial charge in [0.15, 0.2) is 0 Å². The van der Waals surface area contributed by atoms with Crippen LogP contribution in [-0.4, -0.2) is 51.4 Å². The van der Waals surface area contributed by atoms with Crippen LogP contribution in [0.15, 0.2) is 83.8 Å². The Hall–Kier alpha value is -3.92. The molecule has 202 valence electrons. The van der Waals surface area contributed by atoms with Crippen molar-refractivity contribution in [3.8, 4) is 5.75 Å². The molecule has 0 heterocycles. The van der Waals surface area contributed by atoms with Gasteiger partial charge in [-0.1, -0.05) is 49.4 Å². The number of amides is 2. The topological polar surface area (TPSA) is 96.0 Å². The molecule has 0 aliphatic carbocycles. The van der Waals surface area contributed by atoms with E-state index in [0.29, 0.717) is 18.5 Å². The second-order valence-corrected chi connectivity index (χ2v) is 10.3. The zero-order chi connectivity index (χ0) is 27.7. The first-order chi connectivity index (χ1) is 18.2. The first-order valence-electron chi connectivity index (χ1n) is 12.2. The number of benzene rings is 3. The molecule has 1 N–H and O–H groups in total. The van der Waals surface area contributed by atoms with E-state index in [1.165, 1.54) is 48.4 Å². The maximum Gasteiger partial charge on any atom is 0.264 e. The molecule has 0 spiro atoms. The normalized spacial score (nSPS) is 11.9. The second-order valence-electron chi connectivity index (χ2n) is 8.46. The van der Waals surface area contributed by atoms with Crippen molar-refractivity contribution in [2.75, 3.05) is 24.5 Å². The van der Waals surface area contributed by atoms with Crippen LogP contribution in [0.5, 0.6) is 5.75 Å². The van der Waals surface area contributed by atoms with Crippen molar-refractivity contribution in [2.45, 2.75) is 37.8 Å². The SMILES string of the molecule is CCNC(=O)C(CC)N(Cc1ccc(F)cc1)C(=O)CN(c1ccccc1OC)S(=O)(=O)c1ccccc1. The van der Waals surface area contributed by atoms with E-state index in [1.807, 2.05) is 0 Å². The molecule has 0 radical (unpaired) electrons. The largest absolute Gasteiger partial charge is 0.495 e. The summed E-state index contributed by atoms with van der Waals surface area (Å²) in [6.45, 7) is 3.30. The number of hydrogen-bond donors (Lipinski definition) is 1. The fourth-order valence-electron chi connectivity index (χ4n) is 4.07. The number of nitrogens with zero attached hydrogens (tertiary/aromatic N) is 2. The molecule has 0 aliphatic rings. The summed E-state index contributed by atoms with van der Waals surface area (Å²) < 4.78 is 47.6. The van der Waals surface area contributed by atoms with E-state index in [-0.39, 0.29) is 28.8 Å². The lowest BCUT2D eigenvalue weighted by atomic mass is 10.1. The minimum absolute atomic E-state index is 0.000409. The number of halogens is 1. The average Bonchev–Trinajstić information content (AvgIpc) is 2.93. The highest BCUT2D eigenvalue weighted by atomic mass is 32.2. The monoisotopic (exact) mass is 541 g/mol. The second kappa shape index (κ2) is 13.0. The van der Waals surface area contributed by atoms with E-state index in [4.69, 9.17) is 4.74 Å². The quantitative estimate of drug-likeness (QED) is 0.374. The van der Waals surface area contributed by atoms with Gasteiger partial charge in [-0.2, -0.15) is 0 Å². The fourth-order valence-corrected chi connectivity index (χ4v) is 5.51. The van der Waals surface area contributed by atoms with Crippen LogP contribution >= 0.6 is 0 Å². The first-order valence-corrected chi connectivity index (χ1v) is 13.7. The summed E-state index contributed by atoms with van der Waals surface area (Å²) in [7, 11) is -2.79. The number of methoxy groups -OCH3 is 1. The zero-order valence-electron chi connectivity index (χ0n) is 21.6. The summed E-state index contributed by atoms with van der Waals surface area (Å²) in [6.07, 6.45) is 0.291. The molecule has 8 nitrogen and oxygen atoms in total. The number of nitrogens with one attached hydrogen (secondary N) is 1. The van der Waals surface area contributed by atoms with E-state index in [2.05, 4.69) is 5.32 Å². The summed E-state index contributed by atoms with van der Waals surface area (Å²) in [6, 6.07) is 19.0. The van der Waals surface area contributed by atoms with Crippen molar-refractivity contribution in [1.29, 1.82) is 0 Å². The van der Waals surface area contributed by atoms with Gasteiger partial charge in [-0.05, 0) is 55.3 Å². The molecule has 1 atom stereocenters. The predicted molar refractivity (Wildman–Crippen MR) is 144 cm³/mol. The number of anilines is 1. The van der Waals surface area contributed by atoms with Crippen LogP contribution in [0.1, 0.15) is 25.8 Å². The van der Waals surface area contributed by atoms with E-state index in [9.17, 15) is 22.4 Å². The number of ether oxygens (including phenoxy) is 1. The summed E-state index contributed by atoms with van der Waals surface area (Å²) in [4.78, 5) is 28.2. The Kier molecular flexibility index (Phi) is 9.84. The number of likely N-dealkylation sites (N-methyl/N-ethyl adjacent to an activating group) is 1. The third kappa shape index (κ3) is 6.69. The molecule has 0 aliphatic heterocycles. The highest BCUT2D eigenvalue weighted by Gasteiger charge is 2.34. The lowest BCUT2D eigenvalue weighted by molar-refractivity contribution is -0.140. The van der Waals surface area contributed by atoms with Gasteiger partial charge in [0.2, 0.25) is 11.8 Å². The number of carbonyl (C=O) groups is 2. The molecule has 10 heteroatoms. The minimum atomic E-state index is -4.20. The highest BCUT2D eigenvalue weighted by Crippen LogP contribution is 2.32. The molecular weight excluding hydrogens is 509 g/mol. The first kappa shape index (κ1) is 28.6. The van der Waals surface area contributed by atoms with Gasteiger partial charge in [0, 0.05) is 13.1 Å². The third-order valence-corrected chi connectivity index (χ3v) is 7.74. The predicted octanol–water partition coefficient (Wildman–Crippen LogP) is 3.97. The Morgan fingerprint density at radius 1 is 0.947 bits per heavy atom. The van der Waals surface area contributed by atoms with E-state index >= 15 is 0 Å². The van der Waals surface area contributed by atoms with Crippen molar-refractivity contribution in [3.63, 3.8) is 0 Å². The van der Waals surface area contributed by atoms with Gasteiger partial charge >= 0.3 is 0 Å². The van der Waals surface area contributed by atoms with Crippen molar-refractivity contribution in [3.05, 3.63) is 90.2 Å². The van der Waals surface area contributed by atoms with Gasteiger partial charge in [0.1, 0.15) is 24.2 Å². The minimum Gasteiger partial charge on any atom is -0.495 e. The molecule has 0 saturated heterocycles. The van der Waals surface area contributed by atoms with Crippen molar-refractivity contribution < 1.29 is 27.1 Å². The Bertz CT molecular complexity index is 1330. The number of para-hydroxylation sites is 2. The van der Waals surface area contributed by atoms with Crippen molar-refractivity contribution >= 4 is 27.5 Å². The van der Waals surface area contributed by atoms with Gasteiger partial charge in [-0.3, -0.25) is 13.9 Å². The van der Waals surface area contributed by atoms with E-state index in [0.717, 1.165) is 4.31 Å². The molecule has 3 rings (SSSR count). The van der Waals surface area contributed by atoms with Gasteiger partial charge in [0.05, 0.1) is 17.7 Å². The summed E-state index contributed by atoms with van der Waals surface area (Å²) in [5, 5.41) is 2.74. The number of sulfonamides is 1. The van der Waals surface area contributed by atoms with Gasteiger partial charge in [0.25, 0.3) is 10.0 Å². The molecule has 38 heavy (non-hydrogen) atoms. The van der Waals surface area contributed by atoms with Crippen LogP contribution < -0.4 is 14.4 Å². The fraction of sp³-hybridized carbons (Fsp3) is 0.286. The lowest BCUT2D eigenvalue weighted by Gasteiger charge is -2.33. The van der Waals surface area contributed by atoms with Crippen LogP contribution in [0.25, 0.3) is 0 Å². The summed E-state index contributed by atoms with van der Waals surface area (Å²) in [5.41, 5.74) is 0.775. The lowest BCUT2D eigenvalue weighted by Crippen LogP contribution is -2.52. The number of hydrogen-bond acceptors (Lipinski definition) is 5. The number of rotatable bonds is 12. The van der Waals surface area contributed by atoms with Gasteiger partial charge < -0.3 is 15.0 Å². The summed E-state index contributed by atoms with van der Waals surface area (Å²) in [5.74, 6) is -1.13. The maximum atomic E-state index is 13.9. The molecule has 3 aromatic carbocycles. The zero-order valence-corrected chi connectivity index (χ0v) is 22.4. The average molecular weight is 542 g/mol. The molecule has 0 fully saturated rings. The molecule has 0 saturated carbocycles. The van der Waals surface area contributed by atoms with Crippen LogP contribution in [0, 0.1) is 5.82 Å². The Labute approximate surface area is 223 Å². The maximum absolute atomic E-state index is 13.9. The van der Waals surface area contributed by atoms with E-state index in [1.54, 1.807) is 56.3 Å². The van der Waals surface area contributed by atoms with Crippen molar-refractivity contribution in [2.24, 2.45) is 0 Å². The smallest absolute Gasteiger partial charge is 0.264 e. The Morgan fingerprint density at radius 2 is 1.58 bits per heavy atom. The van der Waals surface area contributed by atoms with Crippen LogP contribution in [-0.2, 0) is 26.2 Å². The van der Waals surface area contributed by atoms with Gasteiger partial charge in [-0.15, -0.1) is 0 Å². The Balaban J connectivity index is 2.08. The Morgan fingerprint density at radius 3 is 2.18 bits per heavy atom. The summed E-state index contributed by atoms with van der Waals surface area (Å²) >= 11 is 0.